The highest BCUT2D eigenvalue weighted by molar-refractivity contribution is 5.98. The number of amides is 3. The lowest BCUT2D eigenvalue weighted by atomic mass is 10.0. The van der Waals surface area contributed by atoms with Gasteiger partial charge in [0.2, 0.25) is 11.8 Å². The fourth-order valence-corrected chi connectivity index (χ4v) is 3.39. The summed E-state index contributed by atoms with van der Waals surface area (Å²) in [7, 11) is 0. The molecule has 1 aromatic rings. The molecular weight excluding hydrogens is 406 g/mol. The van der Waals surface area contributed by atoms with Gasteiger partial charge in [-0.1, -0.05) is 26.8 Å². The van der Waals surface area contributed by atoms with Gasteiger partial charge in [-0.25, -0.2) is 8.78 Å². The second kappa shape index (κ2) is 11.2. The third-order valence-electron chi connectivity index (χ3n) is 5.48. The Hall–Kier alpha value is -2.55. The maximum atomic E-state index is 13.9. The van der Waals surface area contributed by atoms with Gasteiger partial charge < -0.3 is 15.5 Å². The van der Waals surface area contributed by atoms with Gasteiger partial charge in [-0.2, -0.15) is 0 Å². The summed E-state index contributed by atoms with van der Waals surface area (Å²) in [5.41, 5.74) is -0.696. The van der Waals surface area contributed by atoms with Gasteiger partial charge in [-0.05, 0) is 31.4 Å². The number of carbonyl (C=O) groups is 3. The summed E-state index contributed by atoms with van der Waals surface area (Å²) in [5.74, 6) is -3.53. The van der Waals surface area contributed by atoms with Gasteiger partial charge in [0.05, 0.1) is 6.54 Å². The molecule has 1 saturated heterocycles. The quantitative estimate of drug-likeness (QED) is 0.648. The number of piperazine rings is 1. The second-order valence-electron chi connectivity index (χ2n) is 8.27. The molecule has 3 amide bonds. The summed E-state index contributed by atoms with van der Waals surface area (Å²) >= 11 is 0. The van der Waals surface area contributed by atoms with E-state index in [4.69, 9.17) is 0 Å². The zero-order valence-corrected chi connectivity index (χ0v) is 18.6. The minimum atomic E-state index is -0.975. The Morgan fingerprint density at radius 1 is 1.00 bits per heavy atom. The molecule has 2 N–H and O–H groups in total. The van der Waals surface area contributed by atoms with Gasteiger partial charge in [-0.15, -0.1) is 0 Å². The standard InChI is InChI=1S/C22H32F2N4O3/c1-5-15(4)25-18(29)13-27-9-11-28(12-10-27)22(31)20(14(2)3)26-21(30)19-16(23)7-6-8-17(19)24/h6-8,14-15,20H,5,9-13H2,1-4H3,(H,25,29)(H,26,30). The van der Waals surface area contributed by atoms with Gasteiger partial charge in [0, 0.05) is 32.2 Å². The van der Waals surface area contributed by atoms with Crippen LogP contribution in [0.4, 0.5) is 8.78 Å². The van der Waals surface area contributed by atoms with Crippen LogP contribution >= 0.6 is 0 Å². The maximum Gasteiger partial charge on any atom is 0.257 e. The Labute approximate surface area is 182 Å². The molecular formula is C22H32F2N4O3. The largest absolute Gasteiger partial charge is 0.353 e. The lowest BCUT2D eigenvalue weighted by Crippen LogP contribution is -2.57. The summed E-state index contributed by atoms with van der Waals surface area (Å²) in [5, 5.41) is 5.42. The van der Waals surface area contributed by atoms with E-state index < -0.39 is 29.1 Å². The molecule has 0 saturated carbocycles. The number of benzene rings is 1. The summed E-state index contributed by atoms with van der Waals surface area (Å²) in [6, 6.07) is 2.38. The number of carbonyl (C=O) groups excluding carboxylic acids is 3. The molecule has 2 atom stereocenters. The van der Waals surface area contributed by atoms with E-state index in [2.05, 4.69) is 10.6 Å². The topological polar surface area (TPSA) is 81.8 Å². The van der Waals surface area contributed by atoms with Crippen LogP contribution in [0.3, 0.4) is 0 Å². The van der Waals surface area contributed by atoms with Crippen LogP contribution < -0.4 is 10.6 Å². The van der Waals surface area contributed by atoms with Crippen molar-refractivity contribution < 1.29 is 23.2 Å². The van der Waals surface area contributed by atoms with Crippen molar-refractivity contribution in [1.82, 2.24) is 20.4 Å². The van der Waals surface area contributed by atoms with Crippen LogP contribution in [-0.4, -0.2) is 72.3 Å². The molecule has 1 fully saturated rings. The predicted molar refractivity (Wildman–Crippen MR) is 113 cm³/mol. The van der Waals surface area contributed by atoms with Gasteiger partial charge in [0.1, 0.15) is 23.2 Å². The van der Waals surface area contributed by atoms with Crippen molar-refractivity contribution in [3.05, 3.63) is 35.4 Å². The molecule has 0 aliphatic carbocycles. The van der Waals surface area contributed by atoms with Crippen molar-refractivity contribution in [2.45, 2.75) is 46.2 Å². The molecule has 0 bridgehead atoms. The average molecular weight is 439 g/mol. The molecule has 1 aliphatic rings. The first-order chi connectivity index (χ1) is 14.6. The lowest BCUT2D eigenvalue weighted by Gasteiger charge is -2.37. The molecule has 9 heteroatoms. The van der Waals surface area contributed by atoms with E-state index in [1.165, 1.54) is 6.07 Å². The van der Waals surface area contributed by atoms with Crippen molar-refractivity contribution in [2.24, 2.45) is 5.92 Å². The van der Waals surface area contributed by atoms with E-state index in [9.17, 15) is 23.2 Å². The minimum absolute atomic E-state index is 0.0478. The van der Waals surface area contributed by atoms with E-state index in [-0.39, 0.29) is 30.3 Å². The first-order valence-corrected chi connectivity index (χ1v) is 10.7. The van der Waals surface area contributed by atoms with Crippen LogP contribution in [0, 0.1) is 17.6 Å². The third kappa shape index (κ3) is 6.72. The van der Waals surface area contributed by atoms with Crippen molar-refractivity contribution in [3.63, 3.8) is 0 Å². The number of hydrogen-bond acceptors (Lipinski definition) is 4. The summed E-state index contributed by atoms with van der Waals surface area (Å²) in [4.78, 5) is 41.1. The molecule has 1 aliphatic heterocycles. The molecule has 1 aromatic carbocycles. The first kappa shape index (κ1) is 24.7. The Morgan fingerprint density at radius 2 is 1.58 bits per heavy atom. The Kier molecular flexibility index (Phi) is 8.91. The van der Waals surface area contributed by atoms with Crippen LogP contribution in [0.5, 0.6) is 0 Å². The lowest BCUT2D eigenvalue weighted by molar-refractivity contribution is -0.136. The SMILES string of the molecule is CCC(C)NC(=O)CN1CCN(C(=O)C(NC(=O)c2c(F)cccc2F)C(C)C)CC1. The highest BCUT2D eigenvalue weighted by Crippen LogP contribution is 2.15. The smallest absolute Gasteiger partial charge is 0.257 e. The molecule has 0 aromatic heterocycles. The first-order valence-electron chi connectivity index (χ1n) is 10.7. The highest BCUT2D eigenvalue weighted by atomic mass is 19.1. The number of rotatable bonds is 8. The molecule has 2 rings (SSSR count). The summed E-state index contributed by atoms with van der Waals surface area (Å²) in [6.45, 7) is 9.60. The van der Waals surface area contributed by atoms with Crippen LogP contribution in [0.15, 0.2) is 18.2 Å². The fourth-order valence-electron chi connectivity index (χ4n) is 3.39. The van der Waals surface area contributed by atoms with Crippen LogP contribution in [0.1, 0.15) is 44.5 Å². The molecule has 1 heterocycles. The molecule has 0 radical (unpaired) electrons. The third-order valence-corrected chi connectivity index (χ3v) is 5.48. The second-order valence-corrected chi connectivity index (χ2v) is 8.27. The summed E-state index contributed by atoms with van der Waals surface area (Å²) < 4.78 is 27.8. The van der Waals surface area contributed by atoms with E-state index in [0.717, 1.165) is 18.6 Å². The minimum Gasteiger partial charge on any atom is -0.353 e. The number of nitrogens with zero attached hydrogens (tertiary/aromatic N) is 2. The molecule has 0 spiro atoms. The van der Waals surface area contributed by atoms with Crippen LogP contribution in [-0.2, 0) is 9.59 Å². The van der Waals surface area contributed by atoms with Crippen molar-refractivity contribution in [3.8, 4) is 0 Å². The molecule has 2 unspecified atom stereocenters. The molecule has 31 heavy (non-hydrogen) atoms. The zero-order valence-electron chi connectivity index (χ0n) is 18.6. The van der Waals surface area contributed by atoms with Crippen molar-refractivity contribution in [2.75, 3.05) is 32.7 Å². The number of halogens is 2. The van der Waals surface area contributed by atoms with Crippen LogP contribution in [0.25, 0.3) is 0 Å². The Bertz CT molecular complexity index is 775. The predicted octanol–water partition coefficient (Wildman–Crippen LogP) is 1.78. The monoisotopic (exact) mass is 438 g/mol. The molecule has 172 valence electrons. The summed E-state index contributed by atoms with van der Waals surface area (Å²) in [6.07, 6.45) is 0.854. The van der Waals surface area contributed by atoms with E-state index >= 15 is 0 Å². The number of hydrogen-bond donors (Lipinski definition) is 2. The Morgan fingerprint density at radius 3 is 2.10 bits per heavy atom. The van der Waals surface area contributed by atoms with Crippen molar-refractivity contribution >= 4 is 17.7 Å². The van der Waals surface area contributed by atoms with Gasteiger partial charge in [0.25, 0.3) is 5.91 Å². The molecule has 7 nitrogen and oxygen atoms in total. The van der Waals surface area contributed by atoms with E-state index in [0.29, 0.717) is 26.2 Å². The normalized spacial score (nSPS) is 16.7. The van der Waals surface area contributed by atoms with E-state index in [1.807, 2.05) is 18.7 Å². The average Bonchev–Trinajstić information content (AvgIpc) is 2.71. The number of nitrogens with one attached hydrogen (secondary N) is 2. The fraction of sp³-hybridized carbons (Fsp3) is 0.591. The zero-order chi connectivity index (χ0) is 23.1. The maximum absolute atomic E-state index is 13.9. The van der Waals surface area contributed by atoms with Gasteiger partial charge >= 0.3 is 0 Å². The van der Waals surface area contributed by atoms with Gasteiger partial charge in [0.15, 0.2) is 0 Å². The highest BCUT2D eigenvalue weighted by Gasteiger charge is 2.32. The van der Waals surface area contributed by atoms with E-state index in [1.54, 1.807) is 18.7 Å². The Balaban J connectivity index is 1.96. The van der Waals surface area contributed by atoms with Crippen molar-refractivity contribution in [1.29, 1.82) is 0 Å². The van der Waals surface area contributed by atoms with Gasteiger partial charge in [-0.3, -0.25) is 19.3 Å². The van der Waals surface area contributed by atoms with Crippen LogP contribution in [0.2, 0.25) is 0 Å².